The van der Waals surface area contributed by atoms with E-state index in [1.165, 1.54) is 0 Å². The number of sulfone groups is 1. The lowest BCUT2D eigenvalue weighted by Gasteiger charge is -2.29. The van der Waals surface area contributed by atoms with Crippen molar-refractivity contribution in [2.45, 2.75) is 49.3 Å². The second kappa shape index (κ2) is 6.90. The van der Waals surface area contributed by atoms with Gasteiger partial charge in [-0.05, 0) is 32.4 Å². The summed E-state index contributed by atoms with van der Waals surface area (Å²) in [6, 6.07) is 9.61. The molecular formula is C16H25NO3S. The van der Waals surface area contributed by atoms with Crippen molar-refractivity contribution < 1.29 is 13.2 Å². The zero-order chi connectivity index (χ0) is 15.5. The third kappa shape index (κ3) is 3.30. The molecule has 1 saturated heterocycles. The predicted octanol–water partition coefficient (Wildman–Crippen LogP) is 2.32. The summed E-state index contributed by atoms with van der Waals surface area (Å²) in [5, 5.41) is 2.38. The lowest BCUT2D eigenvalue weighted by Crippen LogP contribution is -2.42. The van der Waals surface area contributed by atoms with Gasteiger partial charge >= 0.3 is 0 Å². The number of hydrogen-bond donors (Lipinski definition) is 1. The van der Waals surface area contributed by atoms with E-state index in [-0.39, 0.29) is 17.4 Å². The van der Waals surface area contributed by atoms with Crippen LogP contribution in [0.2, 0.25) is 0 Å². The maximum Gasteiger partial charge on any atom is 0.160 e. The summed E-state index contributed by atoms with van der Waals surface area (Å²) >= 11 is 0. The normalized spacial score (nSPS) is 25.7. The summed E-state index contributed by atoms with van der Waals surface area (Å²) in [6.45, 7) is 4.34. The van der Waals surface area contributed by atoms with E-state index in [1.807, 2.05) is 51.2 Å². The minimum absolute atomic E-state index is 0.186. The Morgan fingerprint density at radius 3 is 2.48 bits per heavy atom. The Kier molecular flexibility index (Phi) is 5.41. The number of hydrogen-bond acceptors (Lipinski definition) is 4. The van der Waals surface area contributed by atoms with Gasteiger partial charge in [-0.1, -0.05) is 37.3 Å². The molecule has 1 aliphatic heterocycles. The van der Waals surface area contributed by atoms with Gasteiger partial charge in [0.05, 0.1) is 16.6 Å². The fourth-order valence-electron chi connectivity index (χ4n) is 3.25. The molecule has 118 valence electrons. The monoisotopic (exact) mass is 311 g/mol. The average molecular weight is 311 g/mol. The molecule has 2 rings (SSSR count). The number of rotatable bonds is 6. The summed E-state index contributed by atoms with van der Waals surface area (Å²) in [4.78, 5) is 0. The third-order valence-corrected chi connectivity index (χ3v) is 7.31. The van der Waals surface area contributed by atoms with Gasteiger partial charge in [-0.15, -0.1) is 0 Å². The summed E-state index contributed by atoms with van der Waals surface area (Å²) in [5.41, 5.74) is 1.02. The van der Waals surface area contributed by atoms with E-state index < -0.39 is 15.1 Å². The van der Waals surface area contributed by atoms with Crippen LogP contribution in [0, 0.1) is 0 Å². The number of benzene rings is 1. The van der Waals surface area contributed by atoms with E-state index in [2.05, 4.69) is 5.32 Å². The van der Waals surface area contributed by atoms with Crippen LogP contribution in [0.15, 0.2) is 30.3 Å². The van der Waals surface area contributed by atoms with E-state index in [1.54, 1.807) is 0 Å². The van der Waals surface area contributed by atoms with Gasteiger partial charge in [0.1, 0.15) is 0 Å². The van der Waals surface area contributed by atoms with E-state index in [0.29, 0.717) is 19.4 Å². The van der Waals surface area contributed by atoms with Crippen molar-refractivity contribution in [3.63, 3.8) is 0 Å². The summed E-state index contributed by atoms with van der Waals surface area (Å²) < 4.78 is 31.5. The van der Waals surface area contributed by atoms with E-state index in [0.717, 1.165) is 5.56 Å². The first-order chi connectivity index (χ1) is 10.0. The van der Waals surface area contributed by atoms with Crippen LogP contribution in [0.5, 0.6) is 0 Å². The Hall–Kier alpha value is -0.910. The molecule has 0 spiro atoms. The lowest BCUT2D eigenvalue weighted by molar-refractivity contribution is 0.126. The Bertz CT molecular complexity index is 544. The molecule has 0 saturated carbocycles. The smallest absolute Gasteiger partial charge is 0.160 e. The highest BCUT2D eigenvalue weighted by Crippen LogP contribution is 2.32. The number of ether oxygens (including phenoxy) is 1. The molecule has 1 N–H and O–H groups in total. The van der Waals surface area contributed by atoms with Gasteiger partial charge in [-0.3, -0.25) is 0 Å². The lowest BCUT2D eigenvalue weighted by atomic mass is 10.0. The van der Waals surface area contributed by atoms with E-state index in [4.69, 9.17) is 4.74 Å². The molecule has 1 aromatic carbocycles. The highest BCUT2D eigenvalue weighted by atomic mass is 32.2. The average Bonchev–Trinajstić information content (AvgIpc) is 2.92. The van der Waals surface area contributed by atoms with Crippen LogP contribution in [0.3, 0.4) is 0 Å². The van der Waals surface area contributed by atoms with Crippen molar-refractivity contribution in [1.29, 1.82) is 0 Å². The molecule has 4 atom stereocenters. The maximum atomic E-state index is 13.0. The van der Waals surface area contributed by atoms with Crippen molar-refractivity contribution >= 4 is 9.84 Å². The van der Waals surface area contributed by atoms with Crippen molar-refractivity contribution in [2.24, 2.45) is 0 Å². The van der Waals surface area contributed by atoms with Gasteiger partial charge in [-0.2, -0.15) is 0 Å². The third-order valence-electron chi connectivity index (χ3n) is 4.39. The van der Waals surface area contributed by atoms with Crippen molar-refractivity contribution in [1.82, 2.24) is 5.32 Å². The van der Waals surface area contributed by atoms with Crippen molar-refractivity contribution in [2.75, 3.05) is 13.7 Å². The second-order valence-corrected chi connectivity index (χ2v) is 8.00. The van der Waals surface area contributed by atoms with Gasteiger partial charge in [0.2, 0.25) is 0 Å². The molecular weight excluding hydrogens is 286 g/mol. The Labute approximate surface area is 127 Å². The molecule has 0 aliphatic carbocycles. The zero-order valence-corrected chi connectivity index (χ0v) is 13.8. The fourth-order valence-corrected chi connectivity index (χ4v) is 5.88. The Balaban J connectivity index is 2.33. The second-order valence-electron chi connectivity index (χ2n) is 5.62. The van der Waals surface area contributed by atoms with Crippen LogP contribution in [-0.2, 0) is 14.6 Å². The van der Waals surface area contributed by atoms with Gasteiger partial charge in [-0.25, -0.2) is 8.42 Å². The van der Waals surface area contributed by atoms with E-state index >= 15 is 0 Å². The molecule has 0 bridgehead atoms. The standard InChI is InChI=1S/C16H25NO3S/c1-4-14(16(17-3)13-8-6-5-7-9-13)21(18,19)15-10-11-20-12(15)2/h5-9,12,14-17H,4,10-11H2,1-3H3. The molecule has 1 aliphatic rings. The summed E-state index contributed by atoms with van der Waals surface area (Å²) in [6.07, 6.45) is 0.981. The van der Waals surface area contributed by atoms with Crippen LogP contribution in [0.25, 0.3) is 0 Å². The quantitative estimate of drug-likeness (QED) is 0.876. The largest absolute Gasteiger partial charge is 0.377 e. The molecule has 1 fully saturated rings. The Morgan fingerprint density at radius 1 is 1.33 bits per heavy atom. The molecule has 0 aromatic heterocycles. The minimum atomic E-state index is -3.25. The SMILES string of the molecule is CCC(C(NC)c1ccccc1)S(=O)(=O)C1CCOC1C. The Morgan fingerprint density at radius 2 is 2.00 bits per heavy atom. The molecule has 4 unspecified atom stereocenters. The summed E-state index contributed by atoms with van der Waals surface area (Å²) in [7, 11) is -1.42. The highest BCUT2D eigenvalue weighted by molar-refractivity contribution is 7.92. The van der Waals surface area contributed by atoms with Gasteiger partial charge in [0, 0.05) is 12.6 Å². The first kappa shape index (κ1) is 16.5. The molecule has 0 amide bonds. The minimum Gasteiger partial charge on any atom is -0.377 e. The molecule has 0 radical (unpaired) electrons. The van der Waals surface area contributed by atoms with Crippen LogP contribution in [0.1, 0.15) is 38.3 Å². The fraction of sp³-hybridized carbons (Fsp3) is 0.625. The van der Waals surface area contributed by atoms with Crippen LogP contribution < -0.4 is 5.32 Å². The van der Waals surface area contributed by atoms with Gasteiger partial charge < -0.3 is 10.1 Å². The van der Waals surface area contributed by atoms with Crippen LogP contribution in [0.4, 0.5) is 0 Å². The molecule has 5 heteroatoms. The van der Waals surface area contributed by atoms with Crippen molar-refractivity contribution in [3.05, 3.63) is 35.9 Å². The maximum absolute atomic E-state index is 13.0. The van der Waals surface area contributed by atoms with Crippen LogP contribution in [-0.4, -0.2) is 38.7 Å². The first-order valence-corrected chi connectivity index (χ1v) is 9.19. The zero-order valence-electron chi connectivity index (χ0n) is 13.0. The molecule has 4 nitrogen and oxygen atoms in total. The molecule has 21 heavy (non-hydrogen) atoms. The van der Waals surface area contributed by atoms with Gasteiger partial charge in [0.15, 0.2) is 9.84 Å². The highest BCUT2D eigenvalue weighted by Gasteiger charge is 2.43. The summed E-state index contributed by atoms with van der Waals surface area (Å²) in [5.74, 6) is 0. The number of nitrogens with one attached hydrogen (secondary N) is 1. The van der Waals surface area contributed by atoms with E-state index in [9.17, 15) is 8.42 Å². The van der Waals surface area contributed by atoms with Gasteiger partial charge in [0.25, 0.3) is 0 Å². The topological polar surface area (TPSA) is 55.4 Å². The predicted molar refractivity (Wildman–Crippen MR) is 85.1 cm³/mol. The van der Waals surface area contributed by atoms with Crippen molar-refractivity contribution in [3.8, 4) is 0 Å². The molecule has 1 aromatic rings. The first-order valence-electron chi connectivity index (χ1n) is 7.58. The molecule has 1 heterocycles. The van der Waals surface area contributed by atoms with Crippen LogP contribution >= 0.6 is 0 Å².